The lowest BCUT2D eigenvalue weighted by molar-refractivity contribution is -0.121. The highest BCUT2D eigenvalue weighted by Crippen LogP contribution is 2.19. The van der Waals surface area contributed by atoms with Gasteiger partial charge in [-0.3, -0.25) is 4.79 Å². The van der Waals surface area contributed by atoms with Crippen LogP contribution in [0.3, 0.4) is 0 Å². The maximum Gasteiger partial charge on any atom is 0.220 e. The van der Waals surface area contributed by atoms with Crippen LogP contribution in [-0.2, 0) is 4.79 Å². The summed E-state index contributed by atoms with van der Waals surface area (Å²) in [6, 6.07) is 0. The standard InChI is InChI=1S/C10H17NO/c1-5-8-11-9(12)6-7-10(2,3)4/h1H,6-8H2,2-4H3,(H,11,12). The predicted octanol–water partition coefficient (Wildman–Crippen LogP) is 1.56. The van der Waals surface area contributed by atoms with Gasteiger partial charge in [-0.05, 0) is 11.8 Å². The third kappa shape index (κ3) is 7.14. The first-order valence-corrected chi connectivity index (χ1v) is 4.16. The zero-order chi connectivity index (χ0) is 9.61. The van der Waals surface area contributed by atoms with Gasteiger partial charge in [0.1, 0.15) is 0 Å². The molecule has 0 aromatic heterocycles. The highest BCUT2D eigenvalue weighted by atomic mass is 16.1. The molecule has 0 unspecified atom stereocenters. The molecule has 0 fully saturated rings. The van der Waals surface area contributed by atoms with Crippen LogP contribution in [0.5, 0.6) is 0 Å². The number of carbonyl (C=O) groups excluding carboxylic acids is 1. The Labute approximate surface area is 74.7 Å². The molecule has 0 bridgehead atoms. The molecule has 0 aromatic rings. The number of rotatable bonds is 3. The Morgan fingerprint density at radius 1 is 1.50 bits per heavy atom. The molecule has 0 radical (unpaired) electrons. The molecule has 68 valence electrons. The van der Waals surface area contributed by atoms with Crippen molar-refractivity contribution >= 4 is 5.91 Å². The molecule has 12 heavy (non-hydrogen) atoms. The van der Waals surface area contributed by atoms with Crippen LogP contribution in [0.2, 0.25) is 0 Å². The van der Waals surface area contributed by atoms with Crippen molar-refractivity contribution in [2.75, 3.05) is 6.54 Å². The molecule has 0 saturated carbocycles. The fourth-order valence-corrected chi connectivity index (χ4v) is 0.727. The van der Waals surface area contributed by atoms with Crippen LogP contribution in [0.4, 0.5) is 0 Å². The third-order valence-electron chi connectivity index (χ3n) is 1.49. The minimum Gasteiger partial charge on any atom is -0.345 e. The number of nitrogens with one attached hydrogen (secondary N) is 1. The molecule has 0 aliphatic carbocycles. The molecule has 0 aliphatic heterocycles. The van der Waals surface area contributed by atoms with Gasteiger partial charge in [0.2, 0.25) is 5.91 Å². The van der Waals surface area contributed by atoms with Gasteiger partial charge >= 0.3 is 0 Å². The SMILES string of the molecule is C#CCNC(=O)CCC(C)(C)C. The van der Waals surface area contributed by atoms with Crippen molar-refractivity contribution in [3.8, 4) is 12.3 Å². The van der Waals surface area contributed by atoms with Gasteiger partial charge in [-0.1, -0.05) is 26.7 Å². The quantitative estimate of drug-likeness (QED) is 0.635. The van der Waals surface area contributed by atoms with E-state index in [-0.39, 0.29) is 11.3 Å². The number of terminal acetylenes is 1. The van der Waals surface area contributed by atoms with Crippen molar-refractivity contribution in [3.05, 3.63) is 0 Å². The van der Waals surface area contributed by atoms with Gasteiger partial charge in [-0.2, -0.15) is 0 Å². The average molecular weight is 167 g/mol. The molecule has 0 spiro atoms. The van der Waals surface area contributed by atoms with E-state index in [9.17, 15) is 4.79 Å². The van der Waals surface area contributed by atoms with Gasteiger partial charge in [0, 0.05) is 6.42 Å². The van der Waals surface area contributed by atoms with E-state index >= 15 is 0 Å². The first-order valence-electron chi connectivity index (χ1n) is 4.16. The zero-order valence-electron chi connectivity index (χ0n) is 8.11. The van der Waals surface area contributed by atoms with Crippen molar-refractivity contribution in [2.24, 2.45) is 5.41 Å². The molecule has 0 heterocycles. The summed E-state index contributed by atoms with van der Waals surface area (Å²) >= 11 is 0. The molecule has 0 rings (SSSR count). The summed E-state index contributed by atoms with van der Waals surface area (Å²) in [7, 11) is 0. The van der Waals surface area contributed by atoms with Gasteiger partial charge < -0.3 is 5.32 Å². The van der Waals surface area contributed by atoms with E-state index in [0.717, 1.165) is 6.42 Å². The van der Waals surface area contributed by atoms with Crippen LogP contribution in [0.15, 0.2) is 0 Å². The van der Waals surface area contributed by atoms with Crippen molar-refractivity contribution in [1.29, 1.82) is 0 Å². The van der Waals surface area contributed by atoms with E-state index < -0.39 is 0 Å². The lowest BCUT2D eigenvalue weighted by Crippen LogP contribution is -2.24. The van der Waals surface area contributed by atoms with Gasteiger partial charge in [0.25, 0.3) is 0 Å². The molecule has 0 aliphatic rings. The van der Waals surface area contributed by atoms with Crippen LogP contribution in [-0.4, -0.2) is 12.5 Å². The summed E-state index contributed by atoms with van der Waals surface area (Å²) in [5, 5.41) is 2.63. The number of hydrogen-bond acceptors (Lipinski definition) is 1. The first kappa shape index (κ1) is 11.0. The monoisotopic (exact) mass is 167 g/mol. The summed E-state index contributed by atoms with van der Waals surface area (Å²) in [6.07, 6.45) is 6.45. The Kier molecular flexibility index (Phi) is 4.43. The van der Waals surface area contributed by atoms with Gasteiger partial charge in [-0.15, -0.1) is 6.42 Å². The Morgan fingerprint density at radius 2 is 2.08 bits per heavy atom. The second-order valence-corrected chi connectivity index (χ2v) is 4.04. The van der Waals surface area contributed by atoms with E-state index in [0.29, 0.717) is 13.0 Å². The molecular formula is C10H17NO. The molecule has 0 saturated heterocycles. The van der Waals surface area contributed by atoms with Gasteiger partial charge in [0.05, 0.1) is 6.54 Å². The van der Waals surface area contributed by atoms with Crippen LogP contribution in [0, 0.1) is 17.8 Å². The summed E-state index contributed by atoms with van der Waals surface area (Å²) in [5.41, 5.74) is 0.216. The topological polar surface area (TPSA) is 29.1 Å². The van der Waals surface area contributed by atoms with Crippen molar-refractivity contribution in [2.45, 2.75) is 33.6 Å². The largest absolute Gasteiger partial charge is 0.345 e. The maximum absolute atomic E-state index is 11.0. The van der Waals surface area contributed by atoms with E-state index in [1.807, 2.05) is 0 Å². The third-order valence-corrected chi connectivity index (χ3v) is 1.49. The second kappa shape index (κ2) is 4.82. The van der Waals surface area contributed by atoms with Gasteiger partial charge in [0.15, 0.2) is 0 Å². The number of amides is 1. The predicted molar refractivity (Wildman–Crippen MR) is 50.5 cm³/mol. The fraction of sp³-hybridized carbons (Fsp3) is 0.700. The van der Waals surface area contributed by atoms with E-state index in [4.69, 9.17) is 6.42 Å². The highest BCUT2D eigenvalue weighted by Gasteiger charge is 2.11. The molecular weight excluding hydrogens is 150 g/mol. The van der Waals surface area contributed by atoms with E-state index in [1.165, 1.54) is 0 Å². The Balaban J connectivity index is 3.53. The number of hydrogen-bond donors (Lipinski definition) is 1. The maximum atomic E-state index is 11.0. The molecule has 0 aromatic carbocycles. The van der Waals surface area contributed by atoms with Gasteiger partial charge in [-0.25, -0.2) is 0 Å². The van der Waals surface area contributed by atoms with E-state index in [1.54, 1.807) is 0 Å². The van der Waals surface area contributed by atoms with Crippen LogP contribution >= 0.6 is 0 Å². The van der Waals surface area contributed by atoms with Crippen LogP contribution in [0.25, 0.3) is 0 Å². The Hall–Kier alpha value is -0.970. The lowest BCUT2D eigenvalue weighted by atomic mass is 9.90. The smallest absolute Gasteiger partial charge is 0.220 e. The first-order chi connectivity index (χ1) is 5.45. The summed E-state index contributed by atoms with van der Waals surface area (Å²) < 4.78 is 0. The highest BCUT2D eigenvalue weighted by molar-refractivity contribution is 5.76. The summed E-state index contributed by atoms with van der Waals surface area (Å²) in [5.74, 6) is 2.41. The summed E-state index contributed by atoms with van der Waals surface area (Å²) in [4.78, 5) is 11.0. The molecule has 2 nitrogen and oxygen atoms in total. The zero-order valence-corrected chi connectivity index (χ0v) is 8.11. The molecule has 2 heteroatoms. The van der Waals surface area contributed by atoms with Crippen LogP contribution < -0.4 is 5.32 Å². The molecule has 1 amide bonds. The lowest BCUT2D eigenvalue weighted by Gasteiger charge is -2.16. The van der Waals surface area contributed by atoms with Crippen molar-refractivity contribution < 1.29 is 4.79 Å². The minimum atomic E-state index is 0.0443. The van der Waals surface area contributed by atoms with Crippen LogP contribution in [0.1, 0.15) is 33.6 Å². The normalized spacial score (nSPS) is 10.5. The van der Waals surface area contributed by atoms with E-state index in [2.05, 4.69) is 32.0 Å². The number of carbonyl (C=O) groups is 1. The fourth-order valence-electron chi connectivity index (χ4n) is 0.727. The van der Waals surface area contributed by atoms with Crippen molar-refractivity contribution in [3.63, 3.8) is 0 Å². The molecule has 1 N–H and O–H groups in total. The summed E-state index contributed by atoms with van der Waals surface area (Å²) in [6.45, 7) is 6.67. The second-order valence-electron chi connectivity index (χ2n) is 4.04. The Bertz CT molecular complexity index is 183. The van der Waals surface area contributed by atoms with Crippen molar-refractivity contribution in [1.82, 2.24) is 5.32 Å². The minimum absolute atomic E-state index is 0.0443. The Morgan fingerprint density at radius 3 is 2.50 bits per heavy atom. The average Bonchev–Trinajstić information content (AvgIpc) is 1.95. The molecule has 0 atom stereocenters.